The second-order valence-electron chi connectivity index (χ2n) is 3.05. The van der Waals surface area contributed by atoms with E-state index < -0.39 is 0 Å². The number of aryl methyl sites for hydroxylation is 2. The molecule has 3 heteroatoms. The number of methoxy groups -OCH3 is 1. The van der Waals surface area contributed by atoms with Crippen LogP contribution in [0.5, 0.6) is 0 Å². The van der Waals surface area contributed by atoms with E-state index in [-0.39, 0.29) is 5.97 Å². The van der Waals surface area contributed by atoms with Gasteiger partial charge in [-0.05, 0) is 30.5 Å². The first kappa shape index (κ1) is 10.7. The van der Waals surface area contributed by atoms with E-state index in [4.69, 9.17) is 0 Å². The molecule has 1 rings (SSSR count). The quantitative estimate of drug-likeness (QED) is 0.689. The Morgan fingerprint density at radius 3 is 2.57 bits per heavy atom. The van der Waals surface area contributed by atoms with E-state index >= 15 is 0 Å². The fourth-order valence-electron chi connectivity index (χ4n) is 1.24. The average Bonchev–Trinajstić information content (AvgIpc) is 2.27. The summed E-state index contributed by atoms with van der Waals surface area (Å²) in [6, 6.07) is 3.80. The van der Waals surface area contributed by atoms with E-state index in [1.807, 2.05) is 13.0 Å². The van der Waals surface area contributed by atoms with Gasteiger partial charge in [-0.2, -0.15) is 0 Å². The smallest absolute Gasteiger partial charge is 0.356 e. The molecule has 0 radical (unpaired) electrons. The molecule has 0 amide bonds. The zero-order valence-corrected chi connectivity index (χ0v) is 8.83. The summed E-state index contributed by atoms with van der Waals surface area (Å²) in [6.07, 6.45) is 1.73. The molecule has 1 aromatic rings. The van der Waals surface area contributed by atoms with Crippen LogP contribution in [-0.4, -0.2) is 18.1 Å². The largest absolute Gasteiger partial charge is 0.464 e. The number of pyridine rings is 1. The molecule has 3 nitrogen and oxygen atoms in total. The minimum absolute atomic E-state index is 0.366. The molecule has 1 heterocycles. The lowest BCUT2D eigenvalue weighted by Crippen LogP contribution is -2.07. The zero-order chi connectivity index (χ0) is 10.6. The highest BCUT2D eigenvalue weighted by Gasteiger charge is 2.09. The van der Waals surface area contributed by atoms with Crippen molar-refractivity contribution < 1.29 is 9.53 Å². The van der Waals surface area contributed by atoms with Gasteiger partial charge in [0, 0.05) is 5.69 Å². The van der Waals surface area contributed by atoms with Crippen molar-refractivity contribution in [3.63, 3.8) is 0 Å². The number of hydrogen-bond donors (Lipinski definition) is 0. The lowest BCUT2D eigenvalue weighted by Gasteiger charge is -2.04. The average molecular weight is 193 g/mol. The van der Waals surface area contributed by atoms with Crippen LogP contribution in [-0.2, 0) is 17.6 Å². The third kappa shape index (κ3) is 2.31. The molecular formula is C11H15NO2. The zero-order valence-electron chi connectivity index (χ0n) is 8.83. The van der Waals surface area contributed by atoms with Crippen LogP contribution in [0.15, 0.2) is 12.1 Å². The minimum atomic E-state index is -0.366. The van der Waals surface area contributed by atoms with Gasteiger partial charge in [-0.3, -0.25) is 0 Å². The Morgan fingerprint density at radius 1 is 1.36 bits per heavy atom. The van der Waals surface area contributed by atoms with Crippen LogP contribution in [0.3, 0.4) is 0 Å². The summed E-state index contributed by atoms with van der Waals surface area (Å²) in [5.41, 5.74) is 2.46. The molecule has 0 saturated heterocycles. The van der Waals surface area contributed by atoms with Crippen LogP contribution >= 0.6 is 0 Å². The first-order chi connectivity index (χ1) is 6.71. The summed E-state index contributed by atoms with van der Waals surface area (Å²) in [5.74, 6) is -0.366. The van der Waals surface area contributed by atoms with Gasteiger partial charge in [-0.1, -0.05) is 13.8 Å². The van der Waals surface area contributed by atoms with Crippen molar-refractivity contribution in [3.05, 3.63) is 29.1 Å². The van der Waals surface area contributed by atoms with Crippen LogP contribution in [0.2, 0.25) is 0 Å². The van der Waals surface area contributed by atoms with Gasteiger partial charge in [-0.15, -0.1) is 0 Å². The first-order valence-electron chi connectivity index (χ1n) is 4.79. The van der Waals surface area contributed by atoms with Crippen molar-refractivity contribution >= 4 is 5.97 Å². The molecule has 0 fully saturated rings. The maximum absolute atomic E-state index is 11.3. The molecular weight excluding hydrogens is 178 g/mol. The molecule has 0 unspecified atom stereocenters. The van der Waals surface area contributed by atoms with E-state index in [0.29, 0.717) is 5.69 Å². The monoisotopic (exact) mass is 193 g/mol. The molecule has 0 aromatic carbocycles. The lowest BCUT2D eigenvalue weighted by molar-refractivity contribution is 0.0593. The number of ether oxygens (including phenoxy) is 1. The molecule has 0 N–H and O–H groups in total. The van der Waals surface area contributed by atoms with Gasteiger partial charge >= 0.3 is 5.97 Å². The number of rotatable bonds is 3. The normalized spacial score (nSPS) is 9.93. The highest BCUT2D eigenvalue weighted by Crippen LogP contribution is 2.08. The van der Waals surface area contributed by atoms with Gasteiger partial charge in [-0.25, -0.2) is 9.78 Å². The Bertz CT molecular complexity index is 312. The van der Waals surface area contributed by atoms with Gasteiger partial charge < -0.3 is 4.74 Å². The summed E-state index contributed by atoms with van der Waals surface area (Å²) in [5, 5.41) is 0. The van der Waals surface area contributed by atoms with Crippen molar-refractivity contribution in [3.8, 4) is 0 Å². The Balaban J connectivity index is 3.10. The molecule has 0 atom stereocenters. The summed E-state index contributed by atoms with van der Waals surface area (Å²) in [7, 11) is 1.37. The molecule has 0 aliphatic heterocycles. The van der Waals surface area contributed by atoms with Gasteiger partial charge in [0.2, 0.25) is 0 Å². The molecule has 0 saturated carbocycles. The number of nitrogens with zero attached hydrogens (tertiary/aromatic N) is 1. The van der Waals surface area contributed by atoms with Crippen LogP contribution in [0.1, 0.15) is 35.6 Å². The molecule has 76 valence electrons. The fraction of sp³-hybridized carbons (Fsp3) is 0.455. The summed E-state index contributed by atoms with van der Waals surface area (Å²) in [6.45, 7) is 4.07. The number of esters is 1. The third-order valence-corrected chi connectivity index (χ3v) is 2.10. The molecule has 14 heavy (non-hydrogen) atoms. The first-order valence-corrected chi connectivity index (χ1v) is 4.79. The van der Waals surface area contributed by atoms with E-state index in [9.17, 15) is 4.79 Å². The number of carbonyl (C=O) groups excluding carboxylic acids is 1. The maximum Gasteiger partial charge on any atom is 0.356 e. The van der Waals surface area contributed by atoms with Gasteiger partial charge in [0.15, 0.2) is 0 Å². The number of hydrogen-bond acceptors (Lipinski definition) is 3. The van der Waals surface area contributed by atoms with Crippen molar-refractivity contribution in [1.29, 1.82) is 0 Å². The van der Waals surface area contributed by atoms with Crippen LogP contribution < -0.4 is 0 Å². The van der Waals surface area contributed by atoms with Crippen molar-refractivity contribution in [2.24, 2.45) is 0 Å². The van der Waals surface area contributed by atoms with Crippen molar-refractivity contribution in [2.45, 2.75) is 26.7 Å². The number of aromatic nitrogens is 1. The Morgan fingerprint density at radius 2 is 2.07 bits per heavy atom. The van der Waals surface area contributed by atoms with Crippen LogP contribution in [0.4, 0.5) is 0 Å². The van der Waals surface area contributed by atoms with Crippen molar-refractivity contribution in [2.75, 3.05) is 7.11 Å². The lowest BCUT2D eigenvalue weighted by atomic mass is 10.1. The molecule has 0 bridgehead atoms. The molecule has 0 aliphatic rings. The second kappa shape index (κ2) is 4.74. The third-order valence-electron chi connectivity index (χ3n) is 2.10. The molecule has 0 aliphatic carbocycles. The Kier molecular flexibility index (Phi) is 3.63. The summed E-state index contributed by atoms with van der Waals surface area (Å²) in [4.78, 5) is 15.5. The van der Waals surface area contributed by atoms with Crippen LogP contribution in [0, 0.1) is 0 Å². The van der Waals surface area contributed by atoms with Gasteiger partial charge in [0.05, 0.1) is 7.11 Å². The topological polar surface area (TPSA) is 39.2 Å². The van der Waals surface area contributed by atoms with Gasteiger partial charge in [0.1, 0.15) is 5.69 Å². The van der Waals surface area contributed by atoms with Gasteiger partial charge in [0.25, 0.3) is 0 Å². The molecule has 1 aromatic heterocycles. The van der Waals surface area contributed by atoms with E-state index in [1.165, 1.54) is 7.11 Å². The predicted molar refractivity (Wildman–Crippen MR) is 54.3 cm³/mol. The predicted octanol–water partition coefficient (Wildman–Crippen LogP) is 1.99. The van der Waals surface area contributed by atoms with Crippen molar-refractivity contribution in [1.82, 2.24) is 4.98 Å². The highest BCUT2D eigenvalue weighted by molar-refractivity contribution is 5.87. The fourth-order valence-corrected chi connectivity index (χ4v) is 1.24. The summed E-state index contributed by atoms with van der Waals surface area (Å²) < 4.78 is 4.63. The van der Waals surface area contributed by atoms with E-state index in [2.05, 4.69) is 16.6 Å². The highest BCUT2D eigenvalue weighted by atomic mass is 16.5. The minimum Gasteiger partial charge on any atom is -0.464 e. The van der Waals surface area contributed by atoms with Crippen LogP contribution in [0.25, 0.3) is 0 Å². The summed E-state index contributed by atoms with van der Waals surface area (Å²) >= 11 is 0. The standard InChI is InChI=1S/C11H15NO2/c1-4-8-6-9(5-2)12-10(7-8)11(13)14-3/h6-7H,4-5H2,1-3H3. The van der Waals surface area contributed by atoms with E-state index in [1.54, 1.807) is 6.07 Å². The Labute approximate surface area is 84.1 Å². The molecule has 0 spiro atoms. The SMILES string of the molecule is CCc1cc(CC)nc(C(=O)OC)c1. The Hall–Kier alpha value is -1.38. The number of carbonyl (C=O) groups is 1. The maximum atomic E-state index is 11.3. The van der Waals surface area contributed by atoms with E-state index in [0.717, 1.165) is 24.1 Å². The second-order valence-corrected chi connectivity index (χ2v) is 3.05.